The van der Waals surface area contributed by atoms with Crippen molar-refractivity contribution < 1.29 is 0 Å². The van der Waals surface area contributed by atoms with Gasteiger partial charge in [-0.05, 0) is 35.7 Å². The second-order valence-electron chi connectivity index (χ2n) is 7.06. The van der Waals surface area contributed by atoms with E-state index in [2.05, 4.69) is 44.8 Å². The molecule has 5 heteroatoms. The number of anilines is 1. The van der Waals surface area contributed by atoms with Crippen molar-refractivity contribution in [3.05, 3.63) is 69.8 Å². The van der Waals surface area contributed by atoms with E-state index in [9.17, 15) is 10.5 Å². The maximum Gasteiger partial charge on any atom is 0.191 e. The number of benzene rings is 2. The predicted octanol–water partition coefficient (Wildman–Crippen LogP) is 3.93. The summed E-state index contributed by atoms with van der Waals surface area (Å²) in [6.07, 6.45) is 0.877. The summed E-state index contributed by atoms with van der Waals surface area (Å²) in [5.41, 5.74) is 3.41. The fraction of sp³-hybridized carbons (Fsp3) is 0.238. The molecule has 0 unspecified atom stereocenters. The van der Waals surface area contributed by atoms with E-state index in [-0.39, 0.29) is 11.5 Å². The molecule has 0 saturated carbocycles. The minimum atomic E-state index is -1.24. The number of hydrogen-bond acceptors (Lipinski definition) is 4. The van der Waals surface area contributed by atoms with E-state index in [0.717, 1.165) is 40.0 Å². The molecule has 5 rings (SSSR count). The van der Waals surface area contributed by atoms with Gasteiger partial charge in [0.1, 0.15) is 0 Å². The van der Waals surface area contributed by atoms with E-state index in [1.165, 1.54) is 5.56 Å². The molecule has 1 aliphatic carbocycles. The molecule has 1 spiro atoms. The van der Waals surface area contributed by atoms with Gasteiger partial charge in [-0.3, -0.25) is 0 Å². The first-order chi connectivity index (χ1) is 12.7. The number of nitrogens with zero attached hydrogens (tertiary/aromatic N) is 2. The first-order valence-electron chi connectivity index (χ1n) is 8.61. The molecule has 0 aromatic heterocycles. The Hall–Kier alpha value is -2.76. The van der Waals surface area contributed by atoms with Crippen molar-refractivity contribution in [1.29, 1.82) is 10.5 Å². The first-order valence-corrected chi connectivity index (χ1v) is 9.40. The summed E-state index contributed by atoms with van der Waals surface area (Å²) in [5.74, 6) is 0. The van der Waals surface area contributed by atoms with Crippen LogP contribution < -0.4 is 10.6 Å². The molecule has 0 bridgehead atoms. The second-order valence-corrected chi connectivity index (χ2v) is 7.98. The molecule has 3 aliphatic rings. The number of rotatable bonds is 1. The average molecular weight is 403 g/mol. The molecule has 2 heterocycles. The quantitative estimate of drug-likeness (QED) is 0.757. The van der Waals surface area contributed by atoms with Gasteiger partial charge < -0.3 is 10.6 Å². The summed E-state index contributed by atoms with van der Waals surface area (Å²) in [7, 11) is 0. The van der Waals surface area contributed by atoms with Gasteiger partial charge >= 0.3 is 0 Å². The topological polar surface area (TPSA) is 71.6 Å². The van der Waals surface area contributed by atoms with Crippen LogP contribution in [-0.2, 0) is 5.41 Å². The first kappa shape index (κ1) is 15.5. The van der Waals surface area contributed by atoms with Crippen LogP contribution in [0, 0.1) is 28.1 Å². The Morgan fingerprint density at radius 1 is 1.04 bits per heavy atom. The molecule has 2 N–H and O–H groups in total. The third-order valence-corrected chi connectivity index (χ3v) is 6.56. The van der Waals surface area contributed by atoms with E-state index in [4.69, 9.17) is 0 Å². The fourth-order valence-corrected chi connectivity index (χ4v) is 5.31. The Balaban J connectivity index is 1.86. The van der Waals surface area contributed by atoms with Gasteiger partial charge in [-0.2, -0.15) is 10.5 Å². The van der Waals surface area contributed by atoms with Crippen LogP contribution in [0.1, 0.15) is 17.5 Å². The van der Waals surface area contributed by atoms with Crippen molar-refractivity contribution in [3.63, 3.8) is 0 Å². The van der Waals surface area contributed by atoms with Crippen LogP contribution in [0.5, 0.6) is 0 Å². The largest absolute Gasteiger partial charge is 0.387 e. The smallest absolute Gasteiger partial charge is 0.191 e. The molecular formula is C21H15BrN4. The van der Waals surface area contributed by atoms with Crippen LogP contribution in [-0.4, -0.2) is 12.6 Å². The molecule has 2 aliphatic heterocycles. The van der Waals surface area contributed by atoms with Gasteiger partial charge in [-0.1, -0.05) is 46.3 Å². The highest BCUT2D eigenvalue weighted by atomic mass is 79.9. The minimum absolute atomic E-state index is 0.286. The molecule has 26 heavy (non-hydrogen) atoms. The highest BCUT2D eigenvalue weighted by Gasteiger charge is 2.68. The number of hydrogen-bond donors (Lipinski definition) is 2. The Kier molecular flexibility index (Phi) is 3.05. The summed E-state index contributed by atoms with van der Waals surface area (Å²) >= 11 is 3.47. The van der Waals surface area contributed by atoms with Gasteiger partial charge in [0.05, 0.1) is 23.6 Å². The number of para-hydroxylation sites is 1. The zero-order valence-corrected chi connectivity index (χ0v) is 15.5. The van der Waals surface area contributed by atoms with Crippen molar-refractivity contribution >= 4 is 27.2 Å². The van der Waals surface area contributed by atoms with E-state index < -0.39 is 5.41 Å². The van der Waals surface area contributed by atoms with Crippen LogP contribution >= 0.6 is 15.9 Å². The lowest BCUT2D eigenvalue weighted by atomic mass is 9.70. The standard InChI is InChI=1S/C21H15BrN4/c22-14-7-5-13(6-8-14)17-18-21(9-10-25-18)15-3-1-2-4-16(15)26-19(21)20(17,11-23)12-24/h1-8,19,25-26H,9-10H2/t19-,21+/m1/s1. The highest BCUT2D eigenvalue weighted by molar-refractivity contribution is 9.10. The Labute approximate surface area is 160 Å². The summed E-state index contributed by atoms with van der Waals surface area (Å²) < 4.78 is 0.974. The van der Waals surface area contributed by atoms with E-state index in [1.54, 1.807) is 0 Å². The number of halogens is 1. The van der Waals surface area contributed by atoms with Gasteiger partial charge in [-0.15, -0.1) is 0 Å². The lowest BCUT2D eigenvalue weighted by Gasteiger charge is -2.31. The molecule has 126 valence electrons. The van der Waals surface area contributed by atoms with Crippen molar-refractivity contribution in [2.45, 2.75) is 17.9 Å². The van der Waals surface area contributed by atoms with Gasteiger partial charge in [0.25, 0.3) is 0 Å². The van der Waals surface area contributed by atoms with Crippen LogP contribution in [0.3, 0.4) is 0 Å². The number of nitrogens with one attached hydrogen (secondary N) is 2. The monoisotopic (exact) mass is 402 g/mol. The third-order valence-electron chi connectivity index (χ3n) is 6.03. The Bertz CT molecular complexity index is 1030. The normalized spacial score (nSPS) is 26.8. The van der Waals surface area contributed by atoms with Gasteiger partial charge in [0, 0.05) is 28.0 Å². The van der Waals surface area contributed by atoms with E-state index in [1.807, 2.05) is 42.5 Å². The number of fused-ring (bicyclic) bond motifs is 1. The zero-order valence-electron chi connectivity index (χ0n) is 13.9. The SMILES string of the molecule is N#CC1(C#N)C(c2ccc(Br)cc2)=C2NCC[C@]23c2ccccc2N[C@H]13. The third kappa shape index (κ3) is 1.62. The van der Waals surface area contributed by atoms with Crippen LogP contribution in [0.25, 0.3) is 5.57 Å². The lowest BCUT2D eigenvalue weighted by Crippen LogP contribution is -2.44. The summed E-state index contributed by atoms with van der Waals surface area (Å²) in [5, 5.41) is 27.5. The molecular weight excluding hydrogens is 388 g/mol. The summed E-state index contributed by atoms with van der Waals surface area (Å²) in [4.78, 5) is 0. The lowest BCUT2D eigenvalue weighted by molar-refractivity contribution is 0.416. The van der Waals surface area contributed by atoms with Gasteiger partial charge in [-0.25, -0.2) is 0 Å². The van der Waals surface area contributed by atoms with Crippen molar-refractivity contribution in [3.8, 4) is 12.1 Å². The maximum atomic E-state index is 10.2. The molecule has 0 amide bonds. The number of nitriles is 2. The van der Waals surface area contributed by atoms with Crippen LogP contribution in [0.4, 0.5) is 5.69 Å². The van der Waals surface area contributed by atoms with E-state index in [0.29, 0.717) is 0 Å². The Morgan fingerprint density at radius 2 is 1.77 bits per heavy atom. The average Bonchev–Trinajstić information content (AvgIpc) is 3.29. The van der Waals surface area contributed by atoms with Crippen LogP contribution in [0.15, 0.2) is 58.7 Å². The van der Waals surface area contributed by atoms with Crippen LogP contribution in [0.2, 0.25) is 0 Å². The molecule has 2 aromatic carbocycles. The minimum Gasteiger partial charge on any atom is -0.387 e. The van der Waals surface area contributed by atoms with Gasteiger partial charge in [0.2, 0.25) is 0 Å². The van der Waals surface area contributed by atoms with Gasteiger partial charge in [0.15, 0.2) is 5.41 Å². The maximum absolute atomic E-state index is 10.2. The van der Waals surface area contributed by atoms with Crippen molar-refractivity contribution in [2.75, 3.05) is 11.9 Å². The predicted molar refractivity (Wildman–Crippen MR) is 103 cm³/mol. The molecule has 1 saturated heterocycles. The fourth-order valence-electron chi connectivity index (χ4n) is 5.04. The van der Waals surface area contributed by atoms with E-state index >= 15 is 0 Å². The zero-order chi connectivity index (χ0) is 17.9. The molecule has 2 aromatic rings. The summed E-state index contributed by atoms with van der Waals surface area (Å²) in [6, 6.07) is 20.6. The summed E-state index contributed by atoms with van der Waals surface area (Å²) in [6.45, 7) is 0.842. The molecule has 0 radical (unpaired) electrons. The second kappa shape index (κ2) is 5.13. The molecule has 4 nitrogen and oxygen atoms in total. The molecule has 2 atom stereocenters. The highest BCUT2D eigenvalue weighted by Crippen LogP contribution is 2.64. The van der Waals surface area contributed by atoms with Crippen molar-refractivity contribution in [1.82, 2.24) is 5.32 Å². The Morgan fingerprint density at radius 3 is 2.50 bits per heavy atom. The van der Waals surface area contributed by atoms with Crippen molar-refractivity contribution in [2.24, 2.45) is 5.41 Å². The molecule has 1 fully saturated rings.